The van der Waals surface area contributed by atoms with Crippen molar-refractivity contribution in [3.63, 3.8) is 0 Å². The van der Waals surface area contributed by atoms with Crippen molar-refractivity contribution >= 4 is 17.1 Å². The van der Waals surface area contributed by atoms with Crippen LogP contribution in [0.1, 0.15) is 40.5 Å². The van der Waals surface area contributed by atoms with Gasteiger partial charge in [0, 0.05) is 0 Å². The first-order valence-electron chi connectivity index (χ1n) is 4.04. The van der Waals surface area contributed by atoms with Gasteiger partial charge in [0.15, 0.2) is 0 Å². The van der Waals surface area contributed by atoms with E-state index in [2.05, 4.69) is 20.8 Å². The Hall–Kier alpha value is 0.0900. The molecule has 0 rings (SSSR count). The average Bonchev–Trinajstić information content (AvgIpc) is 1.82. The van der Waals surface area contributed by atoms with Crippen LogP contribution in [0.3, 0.4) is 0 Å². The summed E-state index contributed by atoms with van der Waals surface area (Å²) in [7, 11) is 0. The van der Waals surface area contributed by atoms with Crippen molar-refractivity contribution in [2.75, 3.05) is 0 Å². The van der Waals surface area contributed by atoms with Crippen molar-refractivity contribution in [1.82, 2.24) is 0 Å². The van der Waals surface area contributed by atoms with E-state index in [0.717, 1.165) is 10.8 Å². The maximum absolute atomic E-state index is 5.07. The maximum atomic E-state index is 5.07. The predicted octanol–water partition coefficient (Wildman–Crippen LogP) is 3.45. The molecule has 10 heavy (non-hydrogen) atoms. The standard InChI is InChI=1S/C9H18S/c1-7(2)5-6-8(3)9(4)10/h7-8H,5-6H2,1-4H3/t8-/m0/s1. The van der Waals surface area contributed by atoms with Crippen molar-refractivity contribution in [2.24, 2.45) is 11.8 Å². The third-order valence-corrected chi connectivity index (χ3v) is 2.27. The molecule has 0 aromatic rings. The average molecular weight is 158 g/mol. The van der Waals surface area contributed by atoms with E-state index in [1.54, 1.807) is 0 Å². The van der Waals surface area contributed by atoms with Crippen molar-refractivity contribution < 1.29 is 0 Å². The molecule has 0 nitrogen and oxygen atoms in total. The topological polar surface area (TPSA) is 0 Å². The van der Waals surface area contributed by atoms with E-state index in [-0.39, 0.29) is 0 Å². The molecule has 0 spiro atoms. The second-order valence-electron chi connectivity index (χ2n) is 3.48. The highest BCUT2D eigenvalue weighted by atomic mass is 32.1. The first-order valence-corrected chi connectivity index (χ1v) is 4.45. The number of thiocarbonyl (C=S) groups is 1. The molecule has 0 N–H and O–H groups in total. The highest BCUT2D eigenvalue weighted by Crippen LogP contribution is 2.12. The third kappa shape index (κ3) is 4.92. The molecule has 0 radical (unpaired) electrons. The molecule has 1 heteroatoms. The second kappa shape index (κ2) is 4.84. The SMILES string of the molecule is CC(=S)[C@@H](C)CCC(C)C. The first kappa shape index (κ1) is 10.1. The number of rotatable bonds is 4. The molecular formula is C9H18S. The normalized spacial score (nSPS) is 13.7. The lowest BCUT2D eigenvalue weighted by molar-refractivity contribution is 0.517. The molecule has 0 aliphatic rings. The summed E-state index contributed by atoms with van der Waals surface area (Å²) in [6.45, 7) is 8.77. The van der Waals surface area contributed by atoms with Gasteiger partial charge in [0.05, 0.1) is 0 Å². The van der Waals surface area contributed by atoms with Gasteiger partial charge in [0.1, 0.15) is 0 Å². The lowest BCUT2D eigenvalue weighted by Crippen LogP contribution is -2.05. The Balaban J connectivity index is 3.40. The lowest BCUT2D eigenvalue weighted by atomic mass is 9.97. The van der Waals surface area contributed by atoms with Crippen LogP contribution in [-0.2, 0) is 0 Å². The highest BCUT2D eigenvalue weighted by Gasteiger charge is 2.04. The molecule has 0 fully saturated rings. The molecular weight excluding hydrogens is 140 g/mol. The van der Waals surface area contributed by atoms with Crippen LogP contribution >= 0.6 is 12.2 Å². The van der Waals surface area contributed by atoms with Crippen molar-refractivity contribution in [3.8, 4) is 0 Å². The van der Waals surface area contributed by atoms with Gasteiger partial charge in [0.25, 0.3) is 0 Å². The van der Waals surface area contributed by atoms with E-state index in [0.29, 0.717) is 5.92 Å². The van der Waals surface area contributed by atoms with E-state index < -0.39 is 0 Å². The molecule has 0 bridgehead atoms. The summed E-state index contributed by atoms with van der Waals surface area (Å²) in [4.78, 5) is 1.15. The molecule has 0 aromatic heterocycles. The fraction of sp³-hybridized carbons (Fsp3) is 0.889. The summed E-state index contributed by atoms with van der Waals surface area (Å²) in [5.41, 5.74) is 0. The van der Waals surface area contributed by atoms with Crippen LogP contribution in [0.15, 0.2) is 0 Å². The van der Waals surface area contributed by atoms with Gasteiger partial charge in [-0.15, -0.1) is 0 Å². The highest BCUT2D eigenvalue weighted by molar-refractivity contribution is 7.80. The van der Waals surface area contributed by atoms with Gasteiger partial charge in [-0.05, 0) is 30.0 Å². The van der Waals surface area contributed by atoms with Crippen LogP contribution in [0.5, 0.6) is 0 Å². The monoisotopic (exact) mass is 158 g/mol. The van der Waals surface area contributed by atoms with Gasteiger partial charge in [-0.3, -0.25) is 0 Å². The van der Waals surface area contributed by atoms with Gasteiger partial charge < -0.3 is 0 Å². The Morgan fingerprint density at radius 3 is 2.00 bits per heavy atom. The second-order valence-corrected chi connectivity index (χ2v) is 4.13. The zero-order valence-corrected chi connectivity index (χ0v) is 8.29. The van der Waals surface area contributed by atoms with E-state index in [1.807, 2.05) is 6.92 Å². The maximum Gasteiger partial charge on any atom is -0.00743 e. The van der Waals surface area contributed by atoms with Gasteiger partial charge in [-0.1, -0.05) is 39.4 Å². The Labute approximate surface area is 70.0 Å². The van der Waals surface area contributed by atoms with Crippen molar-refractivity contribution in [3.05, 3.63) is 0 Å². The van der Waals surface area contributed by atoms with E-state index in [4.69, 9.17) is 12.2 Å². The molecule has 0 aromatic carbocycles. The molecule has 0 saturated heterocycles. The Morgan fingerprint density at radius 1 is 1.20 bits per heavy atom. The summed E-state index contributed by atoms with van der Waals surface area (Å²) >= 11 is 5.07. The molecule has 0 amide bonds. The Morgan fingerprint density at radius 2 is 1.70 bits per heavy atom. The van der Waals surface area contributed by atoms with Gasteiger partial charge in [0.2, 0.25) is 0 Å². The fourth-order valence-corrected chi connectivity index (χ4v) is 0.904. The van der Waals surface area contributed by atoms with E-state index in [1.165, 1.54) is 12.8 Å². The summed E-state index contributed by atoms with van der Waals surface area (Å²) in [6.07, 6.45) is 2.56. The third-order valence-electron chi connectivity index (χ3n) is 1.87. The zero-order chi connectivity index (χ0) is 8.15. The summed E-state index contributed by atoms with van der Waals surface area (Å²) in [5, 5.41) is 0. The van der Waals surface area contributed by atoms with Crippen molar-refractivity contribution in [2.45, 2.75) is 40.5 Å². The van der Waals surface area contributed by atoms with Crippen molar-refractivity contribution in [1.29, 1.82) is 0 Å². The molecule has 0 aliphatic carbocycles. The van der Waals surface area contributed by atoms with Crippen LogP contribution in [0.25, 0.3) is 0 Å². The van der Waals surface area contributed by atoms with Crippen LogP contribution < -0.4 is 0 Å². The molecule has 60 valence electrons. The Kier molecular flexibility index (Phi) is 4.88. The van der Waals surface area contributed by atoms with Crippen LogP contribution in [0.2, 0.25) is 0 Å². The smallest absolute Gasteiger partial charge is 0.00743 e. The van der Waals surface area contributed by atoms with Crippen LogP contribution in [0.4, 0.5) is 0 Å². The quantitative estimate of drug-likeness (QED) is 0.565. The van der Waals surface area contributed by atoms with E-state index in [9.17, 15) is 0 Å². The van der Waals surface area contributed by atoms with E-state index >= 15 is 0 Å². The van der Waals surface area contributed by atoms with Gasteiger partial charge in [-0.25, -0.2) is 0 Å². The number of hydrogen-bond donors (Lipinski definition) is 0. The molecule has 0 saturated carbocycles. The summed E-state index contributed by atoms with van der Waals surface area (Å²) in [5.74, 6) is 1.45. The Bertz CT molecular complexity index is 105. The lowest BCUT2D eigenvalue weighted by Gasteiger charge is -2.10. The molecule has 1 atom stereocenters. The summed E-state index contributed by atoms with van der Waals surface area (Å²) < 4.78 is 0. The predicted molar refractivity (Wildman–Crippen MR) is 51.5 cm³/mol. The molecule has 0 unspecified atom stereocenters. The molecule has 0 aliphatic heterocycles. The largest absolute Gasteiger partial charge is 0.0897 e. The van der Waals surface area contributed by atoms with Crippen LogP contribution in [-0.4, -0.2) is 4.86 Å². The van der Waals surface area contributed by atoms with Crippen LogP contribution in [0, 0.1) is 11.8 Å². The van der Waals surface area contributed by atoms with Gasteiger partial charge >= 0.3 is 0 Å². The minimum Gasteiger partial charge on any atom is -0.0897 e. The fourth-order valence-electron chi connectivity index (χ4n) is 0.787. The minimum atomic E-state index is 0.636. The number of hydrogen-bond acceptors (Lipinski definition) is 1. The first-order chi connectivity index (χ1) is 4.54. The zero-order valence-electron chi connectivity index (χ0n) is 7.48. The summed E-state index contributed by atoms with van der Waals surface area (Å²) in [6, 6.07) is 0. The molecule has 0 heterocycles. The van der Waals surface area contributed by atoms with Gasteiger partial charge in [-0.2, -0.15) is 0 Å². The minimum absolute atomic E-state index is 0.636.